The first-order valence-electron chi connectivity index (χ1n) is 5.97. The largest absolute Gasteiger partial charge is 0.293 e. The number of nitrogens with zero attached hydrogens (tertiary/aromatic N) is 3. The Labute approximate surface area is 113 Å². The fraction of sp³-hybridized carbons (Fsp3) is 0.154. The van der Waals surface area contributed by atoms with E-state index in [0.717, 1.165) is 16.2 Å². The van der Waals surface area contributed by atoms with Crippen LogP contribution in [0, 0.1) is 0 Å². The lowest BCUT2D eigenvalue weighted by Gasteiger charge is -1.98. The first-order chi connectivity index (χ1) is 9.28. The number of fused-ring (bicyclic) bond motifs is 1. The van der Waals surface area contributed by atoms with Crippen LogP contribution in [-0.4, -0.2) is 20.5 Å². The van der Waals surface area contributed by atoms with Gasteiger partial charge in [-0.3, -0.25) is 10.1 Å². The highest BCUT2D eigenvalue weighted by atomic mass is 32.1. The third-order valence-electron chi connectivity index (χ3n) is 2.72. The van der Waals surface area contributed by atoms with E-state index >= 15 is 0 Å². The van der Waals surface area contributed by atoms with Gasteiger partial charge in [0.05, 0.1) is 5.69 Å². The second kappa shape index (κ2) is 4.81. The molecule has 5 nitrogen and oxygen atoms in total. The molecule has 0 aliphatic carbocycles. The molecule has 19 heavy (non-hydrogen) atoms. The Morgan fingerprint density at radius 2 is 2.16 bits per heavy atom. The molecule has 6 heteroatoms. The molecule has 0 bridgehead atoms. The number of carbonyl (C=O) groups excluding carboxylic acids is 1. The van der Waals surface area contributed by atoms with Crippen molar-refractivity contribution < 1.29 is 4.79 Å². The number of benzene rings is 1. The Morgan fingerprint density at radius 3 is 2.89 bits per heavy atom. The number of amides is 1. The van der Waals surface area contributed by atoms with Crippen LogP contribution >= 0.6 is 11.3 Å². The average molecular weight is 272 g/mol. The summed E-state index contributed by atoms with van der Waals surface area (Å²) in [6, 6.07) is 9.98. The number of hydrogen-bond donors (Lipinski definition) is 1. The minimum absolute atomic E-state index is 0.0838. The fourth-order valence-electron chi connectivity index (χ4n) is 1.75. The van der Waals surface area contributed by atoms with Crippen LogP contribution in [0.1, 0.15) is 13.3 Å². The van der Waals surface area contributed by atoms with Crippen LogP contribution in [0.15, 0.2) is 35.7 Å². The summed E-state index contributed by atoms with van der Waals surface area (Å²) in [6.45, 7) is 1.79. The lowest BCUT2D eigenvalue weighted by molar-refractivity contribution is -0.115. The van der Waals surface area contributed by atoms with Gasteiger partial charge in [-0.1, -0.05) is 37.3 Å². The van der Waals surface area contributed by atoms with E-state index in [4.69, 9.17) is 0 Å². The first kappa shape index (κ1) is 11.9. The van der Waals surface area contributed by atoms with Crippen LogP contribution in [0.2, 0.25) is 0 Å². The molecular weight excluding hydrogens is 260 g/mol. The third kappa shape index (κ3) is 2.22. The SMILES string of the molecule is CCC(=O)Nc1nc2scc(-c3ccccc3)n2n1. The van der Waals surface area contributed by atoms with Crippen LogP contribution in [0.25, 0.3) is 16.2 Å². The number of hydrogen-bond acceptors (Lipinski definition) is 4. The molecule has 3 aromatic rings. The second-order valence-corrected chi connectivity index (χ2v) is 4.86. The van der Waals surface area contributed by atoms with E-state index in [1.807, 2.05) is 35.7 Å². The molecule has 0 atom stereocenters. The summed E-state index contributed by atoms with van der Waals surface area (Å²) in [4.78, 5) is 16.4. The molecule has 0 aliphatic heterocycles. The number of nitrogens with one attached hydrogen (secondary N) is 1. The average Bonchev–Trinajstić information content (AvgIpc) is 2.99. The molecule has 0 saturated heterocycles. The lowest BCUT2D eigenvalue weighted by Crippen LogP contribution is -2.10. The van der Waals surface area contributed by atoms with Crippen LogP contribution < -0.4 is 5.32 Å². The number of thiazole rings is 1. The Balaban J connectivity index is 2.01. The summed E-state index contributed by atoms with van der Waals surface area (Å²) in [5, 5.41) is 9.00. The molecule has 1 amide bonds. The topological polar surface area (TPSA) is 59.3 Å². The Hall–Kier alpha value is -2.21. The maximum atomic E-state index is 11.3. The normalized spacial score (nSPS) is 10.8. The van der Waals surface area contributed by atoms with Crippen LogP contribution in [0.3, 0.4) is 0 Å². The monoisotopic (exact) mass is 272 g/mol. The van der Waals surface area contributed by atoms with E-state index < -0.39 is 0 Å². The quantitative estimate of drug-likeness (QED) is 0.797. The summed E-state index contributed by atoms with van der Waals surface area (Å²) >= 11 is 1.50. The van der Waals surface area contributed by atoms with Gasteiger partial charge in [0, 0.05) is 17.4 Å². The lowest BCUT2D eigenvalue weighted by atomic mass is 10.2. The molecule has 0 fully saturated rings. The van der Waals surface area contributed by atoms with Crippen molar-refractivity contribution in [1.29, 1.82) is 0 Å². The van der Waals surface area contributed by atoms with Crippen LogP contribution in [-0.2, 0) is 4.79 Å². The van der Waals surface area contributed by atoms with Gasteiger partial charge in [-0.15, -0.1) is 16.4 Å². The highest BCUT2D eigenvalue weighted by Crippen LogP contribution is 2.25. The summed E-state index contributed by atoms with van der Waals surface area (Å²) < 4.78 is 1.76. The van der Waals surface area contributed by atoms with Crippen molar-refractivity contribution in [2.75, 3.05) is 5.32 Å². The van der Waals surface area contributed by atoms with Gasteiger partial charge in [0.25, 0.3) is 0 Å². The molecule has 96 valence electrons. The van der Waals surface area contributed by atoms with E-state index in [1.165, 1.54) is 11.3 Å². The van der Waals surface area contributed by atoms with E-state index in [0.29, 0.717) is 12.4 Å². The van der Waals surface area contributed by atoms with Crippen LogP contribution in [0.4, 0.5) is 5.95 Å². The van der Waals surface area contributed by atoms with Crippen molar-refractivity contribution in [3.05, 3.63) is 35.7 Å². The summed E-state index contributed by atoms with van der Waals surface area (Å²) in [5.41, 5.74) is 2.05. The molecule has 0 radical (unpaired) electrons. The molecular formula is C13H12N4OS. The van der Waals surface area contributed by atoms with E-state index in [1.54, 1.807) is 11.4 Å². The van der Waals surface area contributed by atoms with Crippen molar-refractivity contribution in [2.45, 2.75) is 13.3 Å². The smallest absolute Gasteiger partial charge is 0.250 e. The molecule has 0 unspecified atom stereocenters. The van der Waals surface area contributed by atoms with Gasteiger partial charge in [-0.05, 0) is 0 Å². The van der Waals surface area contributed by atoms with Crippen molar-refractivity contribution in [2.24, 2.45) is 0 Å². The van der Waals surface area contributed by atoms with Gasteiger partial charge >= 0.3 is 0 Å². The molecule has 3 rings (SSSR count). The van der Waals surface area contributed by atoms with Crippen molar-refractivity contribution in [3.8, 4) is 11.3 Å². The molecule has 0 aliphatic rings. The van der Waals surface area contributed by atoms with Crippen molar-refractivity contribution in [1.82, 2.24) is 14.6 Å². The van der Waals surface area contributed by atoms with Crippen molar-refractivity contribution in [3.63, 3.8) is 0 Å². The van der Waals surface area contributed by atoms with Gasteiger partial charge in [0.2, 0.25) is 16.8 Å². The Morgan fingerprint density at radius 1 is 1.37 bits per heavy atom. The van der Waals surface area contributed by atoms with Gasteiger partial charge < -0.3 is 0 Å². The molecule has 0 spiro atoms. The number of aromatic nitrogens is 3. The number of anilines is 1. The molecule has 2 aromatic heterocycles. The zero-order chi connectivity index (χ0) is 13.2. The fourth-order valence-corrected chi connectivity index (χ4v) is 2.59. The minimum Gasteiger partial charge on any atom is -0.293 e. The molecule has 2 heterocycles. The van der Waals surface area contributed by atoms with Crippen molar-refractivity contribution >= 4 is 28.2 Å². The Bertz CT molecular complexity index is 717. The van der Waals surface area contributed by atoms with Gasteiger partial charge in [0.15, 0.2) is 0 Å². The number of carbonyl (C=O) groups is 1. The van der Waals surface area contributed by atoms with Gasteiger partial charge in [0.1, 0.15) is 0 Å². The maximum Gasteiger partial charge on any atom is 0.250 e. The molecule has 1 N–H and O–H groups in total. The highest BCUT2D eigenvalue weighted by Gasteiger charge is 2.12. The standard InChI is InChI=1S/C13H12N4OS/c1-2-11(18)14-12-15-13-17(16-12)10(8-19-13)9-6-4-3-5-7-9/h3-8H,2H2,1H3,(H,14,16,18). The van der Waals surface area contributed by atoms with Gasteiger partial charge in [-0.2, -0.15) is 4.98 Å². The highest BCUT2D eigenvalue weighted by molar-refractivity contribution is 7.15. The Kier molecular flexibility index (Phi) is 3.00. The minimum atomic E-state index is -0.0838. The zero-order valence-corrected chi connectivity index (χ0v) is 11.1. The van der Waals surface area contributed by atoms with E-state index in [-0.39, 0.29) is 5.91 Å². The summed E-state index contributed by atoms with van der Waals surface area (Å²) in [5.74, 6) is 0.274. The third-order valence-corrected chi connectivity index (χ3v) is 3.54. The molecule has 0 saturated carbocycles. The van der Waals surface area contributed by atoms with E-state index in [2.05, 4.69) is 15.4 Å². The van der Waals surface area contributed by atoms with E-state index in [9.17, 15) is 4.79 Å². The summed E-state index contributed by atoms with van der Waals surface area (Å²) in [6.07, 6.45) is 0.415. The zero-order valence-electron chi connectivity index (χ0n) is 10.3. The molecule has 1 aromatic carbocycles. The second-order valence-electron chi connectivity index (χ2n) is 4.02. The van der Waals surface area contributed by atoms with Crippen LogP contribution in [0.5, 0.6) is 0 Å². The summed E-state index contributed by atoms with van der Waals surface area (Å²) in [7, 11) is 0. The first-order valence-corrected chi connectivity index (χ1v) is 6.85. The number of rotatable bonds is 3. The van der Waals surface area contributed by atoms with Gasteiger partial charge in [-0.25, -0.2) is 4.52 Å². The predicted octanol–water partition coefficient (Wildman–Crippen LogP) is 2.81. The maximum absolute atomic E-state index is 11.3. The predicted molar refractivity (Wildman–Crippen MR) is 75.2 cm³/mol.